The number of anilines is 1. The normalized spacial score (nSPS) is 11.5. The number of hydrogen-bond acceptors (Lipinski definition) is 2. The number of H-pyrrole nitrogens is 1. The molecule has 3 aromatic rings. The van der Waals surface area contributed by atoms with E-state index in [-0.39, 0.29) is 0 Å². The molecule has 0 fully saturated rings. The Morgan fingerprint density at radius 1 is 0.786 bits per heavy atom. The second-order valence-corrected chi connectivity index (χ2v) is 8.12. The molecule has 0 amide bonds. The van der Waals surface area contributed by atoms with Crippen molar-refractivity contribution in [1.29, 1.82) is 0 Å². The van der Waals surface area contributed by atoms with Crippen molar-refractivity contribution >= 4 is 27.5 Å². The number of nitrogens with two attached hydrogens (primary N) is 1. The lowest BCUT2D eigenvalue weighted by Crippen LogP contribution is -1.99. The number of nitrogens with one attached hydrogen (secondary N) is 1. The minimum atomic E-state index is 0.798. The van der Waals surface area contributed by atoms with Crippen LogP contribution in [0.2, 0.25) is 0 Å². The molecule has 0 atom stereocenters. The zero-order chi connectivity index (χ0) is 19.8. The number of nitrogen functional groups attached to an aromatic ring is 1. The van der Waals surface area contributed by atoms with Crippen LogP contribution in [0.15, 0.2) is 30.3 Å². The highest BCUT2D eigenvalue weighted by Crippen LogP contribution is 2.32. The summed E-state index contributed by atoms with van der Waals surface area (Å²) < 4.78 is 6.09. The molecule has 28 heavy (non-hydrogen) atoms. The van der Waals surface area contributed by atoms with Gasteiger partial charge in [-0.05, 0) is 43.2 Å². The fourth-order valence-corrected chi connectivity index (χ4v) is 3.98. The number of rotatable bonds is 12. The average Bonchev–Trinajstić information content (AvgIpc) is 3.03. The molecule has 2 aromatic carbocycles. The third-order valence-corrected chi connectivity index (χ3v) is 5.67. The number of aromatic nitrogens is 1. The van der Waals surface area contributed by atoms with E-state index in [9.17, 15) is 0 Å². The van der Waals surface area contributed by atoms with Crippen LogP contribution >= 0.6 is 0 Å². The zero-order valence-corrected chi connectivity index (χ0v) is 17.7. The fourth-order valence-electron chi connectivity index (χ4n) is 3.98. The monoisotopic (exact) mass is 380 g/mol. The van der Waals surface area contributed by atoms with E-state index in [4.69, 9.17) is 10.5 Å². The SMILES string of the molecule is CCCCCCCCCCCCOc1cc2[nH]c3ccc(N)cc3c2cc1C. The van der Waals surface area contributed by atoms with E-state index in [1.54, 1.807) is 0 Å². The first-order chi connectivity index (χ1) is 13.7. The smallest absolute Gasteiger partial charge is 0.124 e. The summed E-state index contributed by atoms with van der Waals surface area (Å²) in [5.74, 6) is 0.989. The molecule has 152 valence electrons. The van der Waals surface area contributed by atoms with Gasteiger partial charge < -0.3 is 15.5 Å². The van der Waals surface area contributed by atoms with Crippen molar-refractivity contribution in [2.45, 2.75) is 78.1 Å². The number of aryl methyl sites for hydroxylation is 1. The Balaban J connectivity index is 1.42. The number of benzene rings is 2. The summed E-state index contributed by atoms with van der Waals surface area (Å²) in [6.07, 6.45) is 13.5. The first-order valence-electron chi connectivity index (χ1n) is 11.1. The molecule has 0 aliphatic heterocycles. The van der Waals surface area contributed by atoms with E-state index >= 15 is 0 Å². The second kappa shape index (κ2) is 10.4. The van der Waals surface area contributed by atoms with Gasteiger partial charge in [0.15, 0.2) is 0 Å². The molecule has 3 heteroatoms. The van der Waals surface area contributed by atoms with Gasteiger partial charge in [0, 0.05) is 28.0 Å². The van der Waals surface area contributed by atoms with Crippen LogP contribution in [0.25, 0.3) is 21.8 Å². The van der Waals surface area contributed by atoms with Gasteiger partial charge in [0.05, 0.1) is 12.1 Å². The molecular weight excluding hydrogens is 344 g/mol. The molecule has 0 aliphatic carbocycles. The van der Waals surface area contributed by atoms with Crippen LogP contribution in [0, 0.1) is 6.92 Å². The van der Waals surface area contributed by atoms with E-state index in [0.717, 1.165) is 35.5 Å². The van der Waals surface area contributed by atoms with Crippen LogP contribution in [0.1, 0.15) is 76.7 Å². The Morgan fingerprint density at radius 2 is 1.43 bits per heavy atom. The quantitative estimate of drug-likeness (QED) is 0.252. The van der Waals surface area contributed by atoms with Crippen molar-refractivity contribution in [3.05, 3.63) is 35.9 Å². The third kappa shape index (κ3) is 5.43. The van der Waals surface area contributed by atoms with Gasteiger partial charge in [0.25, 0.3) is 0 Å². The van der Waals surface area contributed by atoms with Crippen molar-refractivity contribution in [2.75, 3.05) is 12.3 Å². The standard InChI is InChI=1S/C25H36N2O/c1-3-4-5-6-7-8-9-10-11-12-15-28-25-18-24-21(16-19(25)2)22-17-20(26)13-14-23(22)27-24/h13-14,16-18,27H,3-12,15,26H2,1-2H3. The Hall–Kier alpha value is -2.16. The molecule has 0 unspecified atom stereocenters. The zero-order valence-electron chi connectivity index (χ0n) is 17.7. The van der Waals surface area contributed by atoms with Crippen LogP contribution in [0.4, 0.5) is 5.69 Å². The largest absolute Gasteiger partial charge is 0.493 e. The average molecular weight is 381 g/mol. The molecule has 0 aliphatic rings. The summed E-state index contributed by atoms with van der Waals surface area (Å²) >= 11 is 0. The van der Waals surface area contributed by atoms with E-state index in [1.165, 1.54) is 74.1 Å². The second-order valence-electron chi connectivity index (χ2n) is 8.12. The number of unbranched alkanes of at least 4 members (excludes halogenated alkanes) is 9. The lowest BCUT2D eigenvalue weighted by atomic mass is 10.1. The third-order valence-electron chi connectivity index (χ3n) is 5.67. The van der Waals surface area contributed by atoms with E-state index in [1.807, 2.05) is 18.2 Å². The van der Waals surface area contributed by atoms with Gasteiger partial charge in [-0.25, -0.2) is 0 Å². The van der Waals surface area contributed by atoms with E-state index in [0.29, 0.717) is 0 Å². The Kier molecular flexibility index (Phi) is 7.64. The van der Waals surface area contributed by atoms with Crippen molar-refractivity contribution in [2.24, 2.45) is 0 Å². The molecule has 1 aromatic heterocycles. The predicted octanol–water partition coefficient (Wildman–Crippen LogP) is 7.51. The molecule has 0 spiro atoms. The van der Waals surface area contributed by atoms with Gasteiger partial charge >= 0.3 is 0 Å². The number of ether oxygens (including phenoxy) is 1. The highest BCUT2D eigenvalue weighted by Gasteiger charge is 2.09. The van der Waals surface area contributed by atoms with Gasteiger partial charge in [-0.2, -0.15) is 0 Å². The summed E-state index contributed by atoms with van der Waals surface area (Å²) in [5, 5.41) is 2.39. The molecule has 0 radical (unpaired) electrons. The Morgan fingerprint density at radius 3 is 2.14 bits per heavy atom. The van der Waals surface area contributed by atoms with Crippen LogP contribution in [-0.2, 0) is 0 Å². The first-order valence-corrected chi connectivity index (χ1v) is 11.1. The Bertz CT molecular complexity index is 881. The summed E-state index contributed by atoms with van der Waals surface area (Å²) in [6, 6.07) is 10.4. The van der Waals surface area contributed by atoms with Gasteiger partial charge in [-0.15, -0.1) is 0 Å². The minimum Gasteiger partial charge on any atom is -0.493 e. The van der Waals surface area contributed by atoms with Crippen molar-refractivity contribution in [3.8, 4) is 5.75 Å². The maximum Gasteiger partial charge on any atom is 0.124 e. The maximum absolute atomic E-state index is 6.09. The first kappa shape index (κ1) is 20.6. The van der Waals surface area contributed by atoms with Crippen LogP contribution in [-0.4, -0.2) is 11.6 Å². The molecular formula is C25H36N2O. The predicted molar refractivity (Wildman–Crippen MR) is 122 cm³/mol. The van der Waals surface area contributed by atoms with Crippen molar-refractivity contribution in [3.63, 3.8) is 0 Å². The summed E-state index contributed by atoms with van der Waals surface area (Å²) in [7, 11) is 0. The summed E-state index contributed by atoms with van der Waals surface area (Å²) in [4.78, 5) is 3.48. The number of hydrogen-bond donors (Lipinski definition) is 2. The van der Waals surface area contributed by atoms with E-state index in [2.05, 4.69) is 31.0 Å². The number of fused-ring (bicyclic) bond motifs is 3. The topological polar surface area (TPSA) is 51.0 Å². The molecule has 3 N–H and O–H groups in total. The maximum atomic E-state index is 6.09. The molecule has 0 bridgehead atoms. The fraction of sp³-hybridized carbons (Fsp3) is 0.520. The molecule has 0 saturated heterocycles. The van der Waals surface area contributed by atoms with Crippen molar-refractivity contribution < 1.29 is 4.74 Å². The molecule has 3 nitrogen and oxygen atoms in total. The molecule has 3 rings (SSSR count). The van der Waals surface area contributed by atoms with Gasteiger partial charge in [-0.3, -0.25) is 0 Å². The summed E-state index contributed by atoms with van der Waals surface area (Å²) in [5.41, 5.74) is 10.2. The minimum absolute atomic E-state index is 0.798. The highest BCUT2D eigenvalue weighted by molar-refractivity contribution is 6.08. The number of aromatic amines is 1. The van der Waals surface area contributed by atoms with E-state index < -0.39 is 0 Å². The van der Waals surface area contributed by atoms with Gasteiger partial charge in [0.1, 0.15) is 5.75 Å². The highest BCUT2D eigenvalue weighted by atomic mass is 16.5. The lowest BCUT2D eigenvalue weighted by Gasteiger charge is -2.09. The molecule has 1 heterocycles. The van der Waals surface area contributed by atoms with Crippen LogP contribution in [0.5, 0.6) is 5.75 Å². The van der Waals surface area contributed by atoms with Crippen molar-refractivity contribution in [1.82, 2.24) is 4.98 Å². The Labute approximate surface area is 169 Å². The van der Waals surface area contributed by atoms with Crippen LogP contribution in [0.3, 0.4) is 0 Å². The van der Waals surface area contributed by atoms with Gasteiger partial charge in [0.2, 0.25) is 0 Å². The lowest BCUT2D eigenvalue weighted by molar-refractivity contribution is 0.302. The van der Waals surface area contributed by atoms with Crippen LogP contribution < -0.4 is 10.5 Å². The summed E-state index contributed by atoms with van der Waals surface area (Å²) in [6.45, 7) is 5.20. The molecule has 0 saturated carbocycles. The van der Waals surface area contributed by atoms with Gasteiger partial charge in [-0.1, -0.05) is 64.7 Å².